The van der Waals surface area contributed by atoms with Gasteiger partial charge in [0.15, 0.2) is 5.78 Å². The number of nitrogens with one attached hydrogen (secondary N) is 2. The van der Waals surface area contributed by atoms with Crippen molar-refractivity contribution in [2.24, 2.45) is 0 Å². The van der Waals surface area contributed by atoms with E-state index >= 15 is 0 Å². The van der Waals surface area contributed by atoms with Crippen LogP contribution in [-0.2, 0) is 14.3 Å². The third-order valence-corrected chi connectivity index (χ3v) is 6.12. The highest BCUT2D eigenvalue weighted by molar-refractivity contribution is 6.31. The molecule has 3 amide bonds. The van der Waals surface area contributed by atoms with E-state index < -0.39 is 24.1 Å². The monoisotopic (exact) mass is 527 g/mol. The predicted octanol–water partition coefficient (Wildman–Crippen LogP) is 4.88. The molecule has 0 aromatic heterocycles. The Bertz CT molecular complexity index is 1120. The van der Waals surface area contributed by atoms with Crippen molar-refractivity contribution >= 4 is 41.0 Å². The van der Waals surface area contributed by atoms with Gasteiger partial charge < -0.3 is 20.3 Å². The molecule has 37 heavy (non-hydrogen) atoms. The number of ether oxygens (including phenoxy) is 1. The molecule has 9 heteroatoms. The number of amides is 3. The molecular weight excluding hydrogens is 494 g/mol. The minimum Gasteiger partial charge on any atom is -0.444 e. The molecule has 0 aliphatic heterocycles. The summed E-state index contributed by atoms with van der Waals surface area (Å²) >= 11 is 6.22. The number of rotatable bonds is 8. The first kappa shape index (κ1) is 28.2. The molecule has 0 heterocycles. The number of hydrogen-bond donors (Lipinski definition) is 2. The highest BCUT2D eigenvalue weighted by Gasteiger charge is 2.27. The number of benzene rings is 2. The van der Waals surface area contributed by atoms with Crippen LogP contribution >= 0.6 is 11.6 Å². The van der Waals surface area contributed by atoms with Crippen LogP contribution in [0.4, 0.5) is 10.5 Å². The highest BCUT2D eigenvalue weighted by Crippen LogP contribution is 2.27. The van der Waals surface area contributed by atoms with Crippen molar-refractivity contribution in [3.8, 4) is 0 Å². The fourth-order valence-corrected chi connectivity index (χ4v) is 4.37. The van der Waals surface area contributed by atoms with Crippen LogP contribution in [-0.4, -0.2) is 48.4 Å². The Labute approximate surface area is 222 Å². The molecule has 2 aromatic carbocycles. The number of alkyl carbamates (subject to hydrolysis) is 1. The van der Waals surface area contributed by atoms with Crippen LogP contribution in [0, 0.1) is 0 Å². The Balaban J connectivity index is 1.89. The number of halogens is 1. The molecule has 8 nitrogen and oxygen atoms in total. The van der Waals surface area contributed by atoms with E-state index in [0.717, 1.165) is 32.1 Å². The number of hydrogen-bond acceptors (Lipinski definition) is 5. The van der Waals surface area contributed by atoms with Crippen LogP contribution in [0.2, 0.25) is 5.02 Å². The highest BCUT2D eigenvalue weighted by atomic mass is 35.5. The van der Waals surface area contributed by atoms with Crippen LogP contribution in [0.3, 0.4) is 0 Å². The maximum Gasteiger partial charge on any atom is 0.408 e. The van der Waals surface area contributed by atoms with Gasteiger partial charge in [0.2, 0.25) is 11.8 Å². The first-order valence-electron chi connectivity index (χ1n) is 12.5. The number of ketones is 1. The van der Waals surface area contributed by atoms with Crippen LogP contribution in [0.1, 0.15) is 68.8 Å². The van der Waals surface area contributed by atoms with Crippen LogP contribution < -0.4 is 15.5 Å². The maximum absolute atomic E-state index is 13.4. The SMILES string of the molecule is CC(C)(C)OC(=O)NCC(=O)N(CC(=O)NC1CCCCC1)c1ccc(Cl)cc1C(=O)c1ccccc1. The third kappa shape index (κ3) is 8.60. The minimum atomic E-state index is -0.760. The van der Waals surface area contributed by atoms with Gasteiger partial charge >= 0.3 is 6.09 Å². The van der Waals surface area contributed by atoms with Crippen molar-refractivity contribution in [2.45, 2.75) is 64.5 Å². The van der Waals surface area contributed by atoms with Gasteiger partial charge in [-0.25, -0.2) is 4.79 Å². The quantitative estimate of drug-likeness (QED) is 0.476. The molecule has 3 rings (SSSR count). The van der Waals surface area contributed by atoms with Gasteiger partial charge in [0.1, 0.15) is 18.7 Å². The molecule has 0 unspecified atom stereocenters. The van der Waals surface area contributed by atoms with E-state index in [1.165, 1.54) is 17.0 Å². The zero-order valence-corrected chi connectivity index (χ0v) is 22.3. The summed E-state index contributed by atoms with van der Waals surface area (Å²) < 4.78 is 5.22. The zero-order chi connectivity index (χ0) is 27.0. The lowest BCUT2D eigenvalue weighted by Crippen LogP contribution is -2.48. The lowest BCUT2D eigenvalue weighted by molar-refractivity contribution is -0.124. The number of carbonyl (C=O) groups is 4. The molecule has 1 aliphatic carbocycles. The smallest absolute Gasteiger partial charge is 0.408 e. The number of nitrogens with zero attached hydrogens (tertiary/aromatic N) is 1. The molecular formula is C28H34ClN3O5. The van der Waals surface area contributed by atoms with Gasteiger partial charge in [-0.2, -0.15) is 0 Å². The Morgan fingerprint density at radius 1 is 1.00 bits per heavy atom. The Morgan fingerprint density at radius 3 is 2.32 bits per heavy atom. The molecule has 1 saturated carbocycles. The van der Waals surface area contributed by atoms with Crippen LogP contribution in [0.5, 0.6) is 0 Å². The standard InChI is InChI=1S/C28H34ClN3O5/c1-28(2,3)37-27(36)30-17-25(34)32(18-24(33)31-21-12-8-5-9-13-21)23-15-14-20(29)16-22(23)26(35)19-10-6-4-7-11-19/h4,6-7,10-11,14-16,21H,5,8-9,12-13,17-18H2,1-3H3,(H,30,36)(H,31,33). The number of carbonyl (C=O) groups excluding carboxylic acids is 4. The molecule has 1 fully saturated rings. The normalized spacial score (nSPS) is 13.9. The van der Waals surface area contributed by atoms with E-state index in [-0.39, 0.29) is 35.5 Å². The lowest BCUT2D eigenvalue weighted by Gasteiger charge is -2.28. The van der Waals surface area contributed by atoms with Crippen molar-refractivity contribution in [3.63, 3.8) is 0 Å². The predicted molar refractivity (Wildman–Crippen MR) is 143 cm³/mol. The summed E-state index contributed by atoms with van der Waals surface area (Å²) in [7, 11) is 0. The Hall–Kier alpha value is -3.39. The minimum absolute atomic E-state index is 0.0497. The Kier molecular flexibility index (Phi) is 9.69. The molecule has 0 bridgehead atoms. The summed E-state index contributed by atoms with van der Waals surface area (Å²) in [5.74, 6) is -1.26. The summed E-state index contributed by atoms with van der Waals surface area (Å²) in [5, 5.41) is 5.76. The van der Waals surface area contributed by atoms with Gasteiger partial charge in [0, 0.05) is 22.2 Å². The Morgan fingerprint density at radius 2 is 1.68 bits per heavy atom. The first-order chi connectivity index (χ1) is 17.5. The van der Waals surface area contributed by atoms with Crippen molar-refractivity contribution in [1.82, 2.24) is 10.6 Å². The van der Waals surface area contributed by atoms with E-state index in [9.17, 15) is 19.2 Å². The van der Waals surface area contributed by atoms with Crippen molar-refractivity contribution in [2.75, 3.05) is 18.0 Å². The fourth-order valence-electron chi connectivity index (χ4n) is 4.20. The summed E-state index contributed by atoms with van der Waals surface area (Å²) in [4.78, 5) is 53.1. The van der Waals surface area contributed by atoms with E-state index in [1.54, 1.807) is 57.2 Å². The molecule has 0 radical (unpaired) electrons. The van der Waals surface area contributed by atoms with Crippen molar-refractivity contribution < 1.29 is 23.9 Å². The summed E-state index contributed by atoms with van der Waals surface area (Å²) in [6.45, 7) is 4.40. The summed E-state index contributed by atoms with van der Waals surface area (Å²) in [6.07, 6.45) is 4.24. The van der Waals surface area contributed by atoms with E-state index in [1.807, 2.05) is 0 Å². The van der Waals surface area contributed by atoms with E-state index in [4.69, 9.17) is 16.3 Å². The molecule has 198 valence electrons. The molecule has 0 spiro atoms. The average Bonchev–Trinajstić information content (AvgIpc) is 2.85. The van der Waals surface area contributed by atoms with Gasteiger partial charge in [0.05, 0.1) is 5.69 Å². The van der Waals surface area contributed by atoms with Crippen molar-refractivity contribution in [1.29, 1.82) is 0 Å². The molecule has 2 N–H and O–H groups in total. The van der Waals surface area contributed by atoms with Crippen LogP contribution in [0.15, 0.2) is 48.5 Å². The largest absolute Gasteiger partial charge is 0.444 e. The third-order valence-electron chi connectivity index (χ3n) is 5.89. The van der Waals surface area contributed by atoms with Gasteiger partial charge in [-0.1, -0.05) is 61.2 Å². The van der Waals surface area contributed by atoms with Gasteiger partial charge in [-0.15, -0.1) is 0 Å². The lowest BCUT2D eigenvalue weighted by atomic mass is 9.95. The topological polar surface area (TPSA) is 105 Å². The first-order valence-corrected chi connectivity index (χ1v) is 12.9. The van der Waals surface area contributed by atoms with Gasteiger partial charge in [-0.05, 0) is 51.8 Å². The molecule has 1 aliphatic rings. The second-order valence-corrected chi connectivity index (χ2v) is 10.5. The maximum atomic E-state index is 13.4. The molecule has 0 saturated heterocycles. The zero-order valence-electron chi connectivity index (χ0n) is 21.5. The summed E-state index contributed by atoms with van der Waals surface area (Å²) in [6, 6.07) is 13.2. The van der Waals surface area contributed by atoms with E-state index in [2.05, 4.69) is 10.6 Å². The fraction of sp³-hybridized carbons (Fsp3) is 0.429. The molecule has 0 atom stereocenters. The second kappa shape index (κ2) is 12.7. The van der Waals surface area contributed by atoms with Gasteiger partial charge in [-0.3, -0.25) is 14.4 Å². The molecule has 2 aromatic rings. The van der Waals surface area contributed by atoms with E-state index in [0.29, 0.717) is 10.6 Å². The second-order valence-electron chi connectivity index (χ2n) is 10.1. The van der Waals surface area contributed by atoms with Crippen LogP contribution in [0.25, 0.3) is 0 Å². The van der Waals surface area contributed by atoms with Gasteiger partial charge in [0.25, 0.3) is 0 Å². The summed E-state index contributed by atoms with van der Waals surface area (Å²) in [5.41, 5.74) is 0.0813. The average molecular weight is 528 g/mol. The van der Waals surface area contributed by atoms with Crippen molar-refractivity contribution in [3.05, 3.63) is 64.7 Å². The number of anilines is 1.